The van der Waals surface area contributed by atoms with Crippen LogP contribution < -0.4 is 14.8 Å². The van der Waals surface area contributed by atoms with E-state index in [4.69, 9.17) is 9.47 Å². The van der Waals surface area contributed by atoms with Gasteiger partial charge in [0.2, 0.25) is 0 Å². The van der Waals surface area contributed by atoms with Crippen molar-refractivity contribution in [3.63, 3.8) is 0 Å². The fourth-order valence-electron chi connectivity index (χ4n) is 4.10. The Morgan fingerprint density at radius 2 is 1.81 bits per heavy atom. The van der Waals surface area contributed by atoms with Crippen LogP contribution in [0, 0.1) is 0 Å². The van der Waals surface area contributed by atoms with Gasteiger partial charge in [0.25, 0.3) is 5.91 Å². The molecule has 2 aliphatic heterocycles. The van der Waals surface area contributed by atoms with Gasteiger partial charge in [0, 0.05) is 25.7 Å². The second-order valence-corrected chi connectivity index (χ2v) is 7.54. The van der Waals surface area contributed by atoms with Gasteiger partial charge in [-0.25, -0.2) is 4.79 Å². The highest BCUT2D eigenvalue weighted by atomic mass is 16.5. The van der Waals surface area contributed by atoms with Gasteiger partial charge in [0.1, 0.15) is 11.5 Å². The van der Waals surface area contributed by atoms with Gasteiger partial charge >= 0.3 is 6.03 Å². The number of amides is 3. The van der Waals surface area contributed by atoms with E-state index in [0.29, 0.717) is 36.7 Å². The molecule has 1 aromatic rings. The van der Waals surface area contributed by atoms with Crippen molar-refractivity contribution in [1.82, 2.24) is 20.0 Å². The molecule has 2 heterocycles. The van der Waals surface area contributed by atoms with Crippen molar-refractivity contribution < 1.29 is 19.1 Å². The lowest BCUT2D eigenvalue weighted by Gasteiger charge is -2.33. The predicted octanol–water partition coefficient (Wildman–Crippen LogP) is 2.39. The van der Waals surface area contributed by atoms with Crippen molar-refractivity contribution in [2.45, 2.75) is 19.9 Å². The van der Waals surface area contributed by atoms with Crippen molar-refractivity contribution in [3.8, 4) is 11.5 Å². The zero-order valence-electron chi connectivity index (χ0n) is 18.8. The fourth-order valence-corrected chi connectivity index (χ4v) is 4.10. The molecule has 0 unspecified atom stereocenters. The van der Waals surface area contributed by atoms with Crippen LogP contribution in [0.5, 0.6) is 11.5 Å². The van der Waals surface area contributed by atoms with Crippen LogP contribution in [0.1, 0.15) is 25.5 Å². The minimum absolute atomic E-state index is 0.0528. The molecule has 168 valence electrons. The Kier molecular flexibility index (Phi) is 7.22. The van der Waals surface area contributed by atoms with E-state index in [1.165, 1.54) is 0 Å². The SMILES string of the molecule is C=CCN1C(=O)N[C@@H](c2cc(OC)cc(OC)c2)C2=C1CN(CCN(CC)CC)C2=O. The van der Waals surface area contributed by atoms with E-state index in [2.05, 4.69) is 30.6 Å². The van der Waals surface area contributed by atoms with Crippen molar-refractivity contribution in [2.24, 2.45) is 0 Å². The lowest BCUT2D eigenvalue weighted by molar-refractivity contribution is -0.126. The number of rotatable bonds is 10. The lowest BCUT2D eigenvalue weighted by Crippen LogP contribution is -2.47. The molecule has 1 aromatic carbocycles. The molecule has 0 aromatic heterocycles. The lowest BCUT2D eigenvalue weighted by atomic mass is 9.95. The topological polar surface area (TPSA) is 74.4 Å². The number of hydrogen-bond donors (Lipinski definition) is 1. The van der Waals surface area contributed by atoms with Gasteiger partial charge in [-0.05, 0) is 30.8 Å². The summed E-state index contributed by atoms with van der Waals surface area (Å²) in [5, 5.41) is 2.99. The molecule has 3 rings (SSSR count). The van der Waals surface area contributed by atoms with E-state index in [9.17, 15) is 9.59 Å². The summed E-state index contributed by atoms with van der Waals surface area (Å²) in [5.41, 5.74) is 2.07. The summed E-state index contributed by atoms with van der Waals surface area (Å²) in [4.78, 5) is 32.1. The van der Waals surface area contributed by atoms with Crippen LogP contribution in [-0.2, 0) is 4.79 Å². The van der Waals surface area contributed by atoms with Crippen LogP contribution in [0.3, 0.4) is 0 Å². The maximum atomic E-state index is 13.5. The van der Waals surface area contributed by atoms with E-state index < -0.39 is 6.04 Å². The minimum Gasteiger partial charge on any atom is -0.497 e. The third-order valence-electron chi connectivity index (χ3n) is 5.90. The molecule has 0 saturated heterocycles. The number of likely N-dealkylation sites (N-methyl/N-ethyl adjacent to an activating group) is 1. The zero-order valence-corrected chi connectivity index (χ0v) is 18.8. The van der Waals surface area contributed by atoms with Crippen molar-refractivity contribution in [2.75, 3.05) is 53.5 Å². The van der Waals surface area contributed by atoms with Crippen LogP contribution in [0.2, 0.25) is 0 Å². The second-order valence-electron chi connectivity index (χ2n) is 7.54. The van der Waals surface area contributed by atoms with Gasteiger partial charge < -0.3 is 24.6 Å². The van der Waals surface area contributed by atoms with E-state index in [0.717, 1.165) is 30.9 Å². The Morgan fingerprint density at radius 1 is 1.16 bits per heavy atom. The van der Waals surface area contributed by atoms with Crippen LogP contribution in [0.25, 0.3) is 0 Å². The van der Waals surface area contributed by atoms with Crippen LogP contribution >= 0.6 is 0 Å². The largest absolute Gasteiger partial charge is 0.497 e. The third kappa shape index (κ3) is 4.54. The number of nitrogens with zero attached hydrogens (tertiary/aromatic N) is 3. The van der Waals surface area contributed by atoms with Crippen molar-refractivity contribution in [3.05, 3.63) is 47.7 Å². The molecule has 0 spiro atoms. The van der Waals surface area contributed by atoms with Gasteiger partial charge in [-0.3, -0.25) is 9.69 Å². The maximum Gasteiger partial charge on any atom is 0.322 e. The number of ether oxygens (including phenoxy) is 2. The monoisotopic (exact) mass is 428 g/mol. The predicted molar refractivity (Wildman–Crippen MR) is 119 cm³/mol. The molecule has 31 heavy (non-hydrogen) atoms. The van der Waals surface area contributed by atoms with Crippen LogP contribution in [0.4, 0.5) is 4.79 Å². The first kappa shape index (κ1) is 22.7. The van der Waals surface area contributed by atoms with Crippen molar-refractivity contribution in [1.29, 1.82) is 0 Å². The van der Waals surface area contributed by atoms with Crippen LogP contribution in [0.15, 0.2) is 42.1 Å². The highest BCUT2D eigenvalue weighted by Crippen LogP contribution is 2.38. The average molecular weight is 429 g/mol. The van der Waals surface area contributed by atoms with E-state index in [-0.39, 0.29) is 11.9 Å². The number of methoxy groups -OCH3 is 2. The molecule has 0 fully saturated rings. The second kappa shape index (κ2) is 9.87. The number of carbonyl (C=O) groups is 2. The van der Waals surface area contributed by atoms with Gasteiger partial charge in [0.05, 0.1) is 38.1 Å². The molecule has 2 aliphatic rings. The minimum atomic E-state index is -0.571. The van der Waals surface area contributed by atoms with Gasteiger partial charge in [0.15, 0.2) is 0 Å². The Bertz CT molecular complexity index is 856. The number of hydrogen-bond acceptors (Lipinski definition) is 5. The molecule has 0 radical (unpaired) electrons. The molecule has 1 N–H and O–H groups in total. The maximum absolute atomic E-state index is 13.5. The standard InChI is InChI=1S/C23H32N4O4/c1-6-9-27-19-15-26(11-10-25(7-2)8-3)22(28)20(19)21(24-23(27)29)16-12-17(30-4)14-18(13-16)31-5/h6,12-14,21H,1,7-11,15H2,2-5H3,(H,24,29)/t21-/m0/s1. The quantitative estimate of drug-likeness (QED) is 0.580. The number of urea groups is 1. The first-order valence-electron chi connectivity index (χ1n) is 10.6. The Balaban J connectivity index is 1.98. The van der Waals surface area contributed by atoms with Crippen LogP contribution in [-0.4, -0.2) is 80.1 Å². The number of benzene rings is 1. The molecule has 8 nitrogen and oxygen atoms in total. The molecule has 3 amide bonds. The van der Waals surface area contributed by atoms with E-state index in [1.807, 2.05) is 17.0 Å². The summed E-state index contributed by atoms with van der Waals surface area (Å²) >= 11 is 0. The molecule has 0 aliphatic carbocycles. The molecule has 0 bridgehead atoms. The summed E-state index contributed by atoms with van der Waals surface area (Å²) in [5.74, 6) is 1.15. The van der Waals surface area contributed by atoms with E-state index >= 15 is 0 Å². The molecule has 1 atom stereocenters. The van der Waals surface area contributed by atoms with Gasteiger partial charge in [-0.15, -0.1) is 6.58 Å². The Labute approximate surface area is 184 Å². The number of nitrogens with one attached hydrogen (secondary N) is 1. The molecule has 8 heteroatoms. The summed E-state index contributed by atoms with van der Waals surface area (Å²) in [6.45, 7) is 12.0. The average Bonchev–Trinajstić information content (AvgIpc) is 3.12. The van der Waals surface area contributed by atoms with Crippen molar-refractivity contribution >= 4 is 11.9 Å². The zero-order chi connectivity index (χ0) is 22.5. The first-order chi connectivity index (χ1) is 15.0. The Hall–Kier alpha value is -3.00. The van der Waals surface area contributed by atoms with E-state index in [1.54, 1.807) is 31.3 Å². The number of carbonyl (C=O) groups excluding carboxylic acids is 2. The summed E-state index contributed by atoms with van der Waals surface area (Å²) in [7, 11) is 3.15. The fraction of sp³-hybridized carbons (Fsp3) is 0.478. The van der Waals surface area contributed by atoms with Gasteiger partial charge in [-0.2, -0.15) is 0 Å². The molecular formula is C23H32N4O4. The Morgan fingerprint density at radius 3 is 2.35 bits per heavy atom. The highest BCUT2D eigenvalue weighted by Gasteiger charge is 2.43. The first-order valence-corrected chi connectivity index (χ1v) is 10.6. The summed E-state index contributed by atoms with van der Waals surface area (Å²) < 4.78 is 10.8. The smallest absolute Gasteiger partial charge is 0.322 e. The molecule has 0 saturated carbocycles. The normalized spacial score (nSPS) is 18.4. The molecular weight excluding hydrogens is 396 g/mol. The summed E-state index contributed by atoms with van der Waals surface area (Å²) in [6.07, 6.45) is 1.67. The third-order valence-corrected chi connectivity index (χ3v) is 5.90. The summed E-state index contributed by atoms with van der Waals surface area (Å²) in [6, 6.07) is 4.60. The highest BCUT2D eigenvalue weighted by molar-refractivity contribution is 6.01. The van der Waals surface area contributed by atoms with Gasteiger partial charge in [-0.1, -0.05) is 19.9 Å².